The van der Waals surface area contributed by atoms with Crippen molar-refractivity contribution < 1.29 is 9.47 Å². The molecule has 0 N–H and O–H groups in total. The van der Waals surface area contributed by atoms with Crippen LogP contribution >= 0.6 is 0 Å². The molecule has 2 aromatic rings. The summed E-state index contributed by atoms with van der Waals surface area (Å²) in [7, 11) is 0. The Morgan fingerprint density at radius 2 is 1.89 bits per heavy atom. The van der Waals surface area contributed by atoms with Crippen LogP contribution < -0.4 is 0 Å². The Hall–Kier alpha value is -2.27. The standard InChI is InChI=1S/C23H26N2O2/c1-18-7-9-19(10-8-18)21(13-16-25-14-2-3-15-25)22-6-4-5-20(24-22)11-12-23-26-17-27-23/h4-13,23H,2-3,14-17H2,1H3/b12-11+,21-13+. The maximum absolute atomic E-state index is 5.25. The van der Waals surface area contributed by atoms with E-state index in [1.54, 1.807) is 0 Å². The van der Waals surface area contributed by atoms with E-state index in [2.05, 4.69) is 54.3 Å². The smallest absolute Gasteiger partial charge is 0.182 e. The van der Waals surface area contributed by atoms with E-state index >= 15 is 0 Å². The molecule has 2 aliphatic rings. The molecular weight excluding hydrogens is 336 g/mol. The van der Waals surface area contributed by atoms with Gasteiger partial charge in [0.25, 0.3) is 0 Å². The van der Waals surface area contributed by atoms with Crippen molar-refractivity contribution in [3.63, 3.8) is 0 Å². The Labute approximate surface area is 161 Å². The van der Waals surface area contributed by atoms with Gasteiger partial charge in [0.15, 0.2) is 13.1 Å². The van der Waals surface area contributed by atoms with Gasteiger partial charge in [-0.1, -0.05) is 42.0 Å². The van der Waals surface area contributed by atoms with Gasteiger partial charge in [0.05, 0.1) is 11.4 Å². The van der Waals surface area contributed by atoms with Gasteiger partial charge in [-0.3, -0.25) is 4.90 Å². The molecule has 140 valence electrons. The quantitative estimate of drug-likeness (QED) is 0.769. The molecule has 0 spiro atoms. The van der Waals surface area contributed by atoms with Crippen LogP contribution in [0.1, 0.15) is 35.4 Å². The van der Waals surface area contributed by atoms with Gasteiger partial charge in [-0.2, -0.15) is 0 Å². The van der Waals surface area contributed by atoms with Gasteiger partial charge in [-0.15, -0.1) is 0 Å². The number of aryl methyl sites for hydroxylation is 1. The number of hydrogen-bond acceptors (Lipinski definition) is 4. The summed E-state index contributed by atoms with van der Waals surface area (Å²) in [4.78, 5) is 7.37. The number of likely N-dealkylation sites (tertiary alicyclic amines) is 1. The van der Waals surface area contributed by atoms with Crippen molar-refractivity contribution in [3.8, 4) is 0 Å². The van der Waals surface area contributed by atoms with Crippen molar-refractivity contribution in [1.82, 2.24) is 9.88 Å². The fraction of sp³-hybridized carbons (Fsp3) is 0.348. The van der Waals surface area contributed by atoms with E-state index in [9.17, 15) is 0 Å². The molecule has 0 saturated carbocycles. The number of ether oxygens (including phenoxy) is 2. The van der Waals surface area contributed by atoms with Crippen LogP contribution in [0.5, 0.6) is 0 Å². The molecule has 0 radical (unpaired) electrons. The molecule has 4 rings (SSSR count). The lowest BCUT2D eigenvalue weighted by Crippen LogP contribution is -2.27. The van der Waals surface area contributed by atoms with Gasteiger partial charge in [-0.25, -0.2) is 4.98 Å². The predicted molar refractivity (Wildman–Crippen MR) is 108 cm³/mol. The van der Waals surface area contributed by atoms with Crippen molar-refractivity contribution in [3.05, 3.63) is 77.1 Å². The fourth-order valence-corrected chi connectivity index (χ4v) is 3.42. The highest BCUT2D eigenvalue weighted by Crippen LogP contribution is 2.24. The molecule has 4 heteroatoms. The number of aromatic nitrogens is 1. The molecular formula is C23H26N2O2. The maximum Gasteiger partial charge on any atom is 0.182 e. The first kappa shape index (κ1) is 18.1. The molecule has 1 aromatic carbocycles. The predicted octanol–water partition coefficient (Wildman–Crippen LogP) is 4.26. The highest BCUT2D eigenvalue weighted by Gasteiger charge is 2.15. The highest BCUT2D eigenvalue weighted by atomic mass is 16.8. The molecule has 2 aliphatic heterocycles. The van der Waals surface area contributed by atoms with Gasteiger partial charge in [-0.05, 0) is 62.7 Å². The van der Waals surface area contributed by atoms with Crippen molar-refractivity contribution in [2.24, 2.45) is 0 Å². The van der Waals surface area contributed by atoms with Gasteiger partial charge in [0.1, 0.15) is 0 Å². The Bertz CT molecular complexity index is 817. The average Bonchev–Trinajstić information content (AvgIpc) is 3.16. The summed E-state index contributed by atoms with van der Waals surface area (Å²) >= 11 is 0. The summed E-state index contributed by atoms with van der Waals surface area (Å²) in [5.41, 5.74) is 5.57. The van der Waals surface area contributed by atoms with E-state index in [4.69, 9.17) is 14.5 Å². The summed E-state index contributed by atoms with van der Waals surface area (Å²) in [6, 6.07) is 14.8. The summed E-state index contributed by atoms with van der Waals surface area (Å²) in [5.74, 6) is 0. The Morgan fingerprint density at radius 1 is 1.11 bits per heavy atom. The van der Waals surface area contributed by atoms with Gasteiger partial charge >= 0.3 is 0 Å². The number of hydrogen-bond donors (Lipinski definition) is 0. The van der Waals surface area contributed by atoms with Crippen molar-refractivity contribution >= 4 is 11.6 Å². The third kappa shape index (κ3) is 4.72. The van der Waals surface area contributed by atoms with Crippen LogP contribution in [0.3, 0.4) is 0 Å². The second-order valence-electron chi connectivity index (χ2n) is 7.12. The number of rotatable bonds is 6. The molecule has 27 heavy (non-hydrogen) atoms. The molecule has 1 aromatic heterocycles. The summed E-state index contributed by atoms with van der Waals surface area (Å²) < 4.78 is 10.5. The first-order valence-corrected chi connectivity index (χ1v) is 9.66. The largest absolute Gasteiger partial charge is 0.323 e. The molecule has 4 nitrogen and oxygen atoms in total. The third-order valence-electron chi connectivity index (χ3n) is 5.05. The molecule has 0 amide bonds. The molecule has 0 atom stereocenters. The zero-order valence-corrected chi connectivity index (χ0v) is 15.8. The molecule has 0 aliphatic carbocycles. The fourth-order valence-electron chi connectivity index (χ4n) is 3.42. The van der Waals surface area contributed by atoms with Crippen LogP contribution in [0, 0.1) is 6.92 Å². The van der Waals surface area contributed by atoms with E-state index < -0.39 is 0 Å². The van der Waals surface area contributed by atoms with Crippen LogP contribution in [0.2, 0.25) is 0 Å². The molecule has 0 bridgehead atoms. The van der Waals surface area contributed by atoms with Crippen molar-refractivity contribution in [2.45, 2.75) is 26.1 Å². The second-order valence-corrected chi connectivity index (χ2v) is 7.12. The van der Waals surface area contributed by atoms with E-state index in [1.165, 1.54) is 42.6 Å². The lowest BCUT2D eigenvalue weighted by atomic mass is 10.00. The third-order valence-corrected chi connectivity index (χ3v) is 5.05. The maximum atomic E-state index is 5.25. The van der Waals surface area contributed by atoms with Crippen LogP contribution in [0.15, 0.2) is 54.6 Å². The van der Waals surface area contributed by atoms with Crippen molar-refractivity contribution in [2.75, 3.05) is 26.4 Å². The first-order chi connectivity index (χ1) is 13.3. The van der Waals surface area contributed by atoms with Gasteiger partial charge < -0.3 is 9.47 Å². The molecule has 3 heterocycles. The minimum atomic E-state index is -0.238. The Morgan fingerprint density at radius 3 is 2.59 bits per heavy atom. The Kier molecular flexibility index (Phi) is 5.78. The van der Waals surface area contributed by atoms with E-state index in [0.29, 0.717) is 6.79 Å². The topological polar surface area (TPSA) is 34.6 Å². The van der Waals surface area contributed by atoms with Gasteiger partial charge in [0.2, 0.25) is 0 Å². The Balaban J connectivity index is 1.61. The van der Waals surface area contributed by atoms with E-state index in [1.807, 2.05) is 18.2 Å². The lowest BCUT2D eigenvalue weighted by Gasteiger charge is -2.23. The van der Waals surface area contributed by atoms with Crippen molar-refractivity contribution in [1.29, 1.82) is 0 Å². The molecule has 2 saturated heterocycles. The minimum Gasteiger partial charge on any atom is -0.323 e. The number of pyridine rings is 1. The SMILES string of the molecule is Cc1ccc(/C(=C\CN2CCCC2)c2cccc(/C=C/C3OCO3)n2)cc1. The number of nitrogens with zero attached hydrogens (tertiary/aromatic N) is 2. The lowest BCUT2D eigenvalue weighted by molar-refractivity contribution is -0.295. The summed E-state index contributed by atoms with van der Waals surface area (Å²) in [5, 5.41) is 0. The van der Waals surface area contributed by atoms with Gasteiger partial charge in [0, 0.05) is 12.1 Å². The normalized spacial score (nSPS) is 18.9. The molecule has 0 unspecified atom stereocenters. The second kappa shape index (κ2) is 8.61. The zero-order valence-electron chi connectivity index (χ0n) is 15.8. The van der Waals surface area contributed by atoms with Crippen LogP contribution in [-0.2, 0) is 9.47 Å². The number of benzene rings is 1. The van der Waals surface area contributed by atoms with Crippen LogP contribution in [-0.4, -0.2) is 42.6 Å². The summed E-state index contributed by atoms with van der Waals surface area (Å²) in [6.07, 6.45) is 8.55. The monoisotopic (exact) mass is 362 g/mol. The minimum absolute atomic E-state index is 0.238. The van der Waals surface area contributed by atoms with Crippen LogP contribution in [0.4, 0.5) is 0 Å². The van der Waals surface area contributed by atoms with E-state index in [-0.39, 0.29) is 6.29 Å². The first-order valence-electron chi connectivity index (χ1n) is 9.66. The van der Waals surface area contributed by atoms with Crippen LogP contribution in [0.25, 0.3) is 11.6 Å². The summed E-state index contributed by atoms with van der Waals surface area (Å²) in [6.45, 7) is 5.84. The average molecular weight is 362 g/mol. The van der Waals surface area contributed by atoms with E-state index in [0.717, 1.165) is 17.9 Å². The zero-order chi connectivity index (χ0) is 18.5. The highest BCUT2D eigenvalue weighted by molar-refractivity contribution is 5.78. The molecule has 2 fully saturated rings.